The number of fused-ring (bicyclic) bond motifs is 1. The summed E-state index contributed by atoms with van der Waals surface area (Å²) in [5.74, 6) is -5.79. The van der Waals surface area contributed by atoms with Gasteiger partial charge in [-0.2, -0.15) is 0 Å². The van der Waals surface area contributed by atoms with Gasteiger partial charge < -0.3 is 29.9 Å². The summed E-state index contributed by atoms with van der Waals surface area (Å²) in [6.07, 6.45) is -3.14. The number of carbonyl (C=O) groups is 2. The second kappa shape index (κ2) is 5.23. The average Bonchev–Trinajstić information content (AvgIpc) is 2.92. The normalized spacial score (nSPS) is 59.9. The summed E-state index contributed by atoms with van der Waals surface area (Å²) in [6.45, 7) is 5.17. The first-order chi connectivity index (χ1) is 13.0. The van der Waals surface area contributed by atoms with E-state index in [1.807, 2.05) is 0 Å². The van der Waals surface area contributed by atoms with Crippen LogP contribution < -0.4 is 0 Å². The molecule has 2 bridgehead atoms. The first-order valence-electron chi connectivity index (χ1n) is 9.84. The Balaban J connectivity index is 1.79. The van der Waals surface area contributed by atoms with Crippen LogP contribution >= 0.6 is 0 Å². The maximum absolute atomic E-state index is 12.5. The molecule has 1 spiro atoms. The smallest absolute Gasteiger partial charge is 0.335 e. The molecule has 2 aliphatic heterocycles. The van der Waals surface area contributed by atoms with Gasteiger partial charge in [-0.15, -0.1) is 0 Å². The lowest BCUT2D eigenvalue weighted by molar-refractivity contribution is -0.339. The number of allylic oxidation sites excluding steroid dienone is 1. The Kier molecular flexibility index (Phi) is 3.49. The summed E-state index contributed by atoms with van der Waals surface area (Å²) in [4.78, 5) is 25.0. The van der Waals surface area contributed by atoms with E-state index in [9.17, 15) is 30.0 Å². The van der Waals surface area contributed by atoms with Gasteiger partial charge in [0, 0.05) is 22.7 Å². The van der Waals surface area contributed by atoms with Crippen LogP contribution in [0.3, 0.4) is 0 Å². The number of esters is 1. The SMILES string of the molecule is CC1=CC(=O)[C@@H](O)[C@]2(C)[C@@H]3C45CO[C@@]3(O)[C@H](O)[C@H](C)[C@@H]4[C@@H](O)C(=O)O[C@@H]5C[C@@H]12. The van der Waals surface area contributed by atoms with Gasteiger partial charge in [-0.3, -0.25) is 4.79 Å². The Labute approximate surface area is 162 Å². The van der Waals surface area contributed by atoms with Gasteiger partial charge in [0.1, 0.15) is 18.3 Å². The molecule has 0 aromatic heterocycles. The molecule has 8 nitrogen and oxygen atoms in total. The van der Waals surface area contributed by atoms with Crippen LogP contribution in [0.15, 0.2) is 11.6 Å². The minimum Gasteiger partial charge on any atom is -0.460 e. The summed E-state index contributed by atoms with van der Waals surface area (Å²) in [5, 5.41) is 44.2. The van der Waals surface area contributed by atoms with Gasteiger partial charge in [-0.1, -0.05) is 19.4 Å². The fourth-order valence-electron chi connectivity index (χ4n) is 7.64. The van der Waals surface area contributed by atoms with Gasteiger partial charge in [-0.25, -0.2) is 4.79 Å². The van der Waals surface area contributed by atoms with Crippen molar-refractivity contribution in [1.29, 1.82) is 0 Å². The molecular formula is C20H26O8. The van der Waals surface area contributed by atoms with E-state index >= 15 is 0 Å². The van der Waals surface area contributed by atoms with E-state index in [-0.39, 0.29) is 12.5 Å². The fraction of sp³-hybridized carbons (Fsp3) is 0.800. The molecule has 3 aliphatic carbocycles. The van der Waals surface area contributed by atoms with Crippen LogP contribution in [-0.2, 0) is 19.1 Å². The molecule has 0 radical (unpaired) electrons. The van der Waals surface area contributed by atoms with E-state index in [1.165, 1.54) is 6.08 Å². The zero-order valence-corrected chi connectivity index (χ0v) is 16.0. The van der Waals surface area contributed by atoms with Crippen molar-refractivity contribution < 1.29 is 39.5 Å². The third kappa shape index (κ3) is 1.72. The second-order valence-corrected chi connectivity index (χ2v) is 9.63. The highest BCUT2D eigenvalue weighted by Gasteiger charge is 2.83. The summed E-state index contributed by atoms with van der Waals surface area (Å²) >= 11 is 0. The Morgan fingerprint density at radius 2 is 1.89 bits per heavy atom. The maximum Gasteiger partial charge on any atom is 0.335 e. The molecule has 5 aliphatic rings. The molecule has 1 unspecified atom stereocenters. The van der Waals surface area contributed by atoms with Crippen LogP contribution in [0.1, 0.15) is 27.2 Å². The highest BCUT2D eigenvalue weighted by molar-refractivity contribution is 5.96. The van der Waals surface area contributed by atoms with E-state index in [4.69, 9.17) is 9.47 Å². The Bertz CT molecular complexity index is 808. The lowest BCUT2D eigenvalue weighted by Crippen LogP contribution is -2.77. The molecule has 0 amide bonds. The molecule has 2 saturated carbocycles. The third-order valence-electron chi connectivity index (χ3n) is 8.65. The lowest BCUT2D eigenvalue weighted by Gasteiger charge is -2.67. The third-order valence-corrected chi connectivity index (χ3v) is 8.65. The molecule has 2 saturated heterocycles. The van der Waals surface area contributed by atoms with Crippen molar-refractivity contribution in [3.05, 3.63) is 11.6 Å². The summed E-state index contributed by atoms with van der Waals surface area (Å²) in [7, 11) is 0. The van der Waals surface area contributed by atoms with E-state index < -0.39 is 70.5 Å². The Hall–Kier alpha value is -1.32. The Morgan fingerprint density at radius 1 is 1.21 bits per heavy atom. The van der Waals surface area contributed by atoms with Gasteiger partial charge in [0.15, 0.2) is 17.7 Å². The van der Waals surface area contributed by atoms with Crippen LogP contribution in [-0.4, -0.2) is 69.0 Å². The van der Waals surface area contributed by atoms with E-state index in [2.05, 4.69) is 0 Å². The van der Waals surface area contributed by atoms with Crippen LogP contribution in [0.2, 0.25) is 0 Å². The lowest BCUT2D eigenvalue weighted by atomic mass is 9.38. The zero-order valence-electron chi connectivity index (χ0n) is 16.0. The minimum absolute atomic E-state index is 0.0266. The molecule has 8 heteroatoms. The average molecular weight is 394 g/mol. The van der Waals surface area contributed by atoms with E-state index in [0.717, 1.165) is 5.57 Å². The van der Waals surface area contributed by atoms with E-state index in [1.54, 1.807) is 20.8 Å². The number of hydrogen-bond donors (Lipinski definition) is 4. The van der Waals surface area contributed by atoms with Crippen molar-refractivity contribution in [2.45, 2.75) is 57.4 Å². The van der Waals surface area contributed by atoms with Crippen molar-refractivity contribution >= 4 is 11.8 Å². The largest absolute Gasteiger partial charge is 0.460 e. The number of aliphatic hydroxyl groups is 4. The van der Waals surface area contributed by atoms with E-state index in [0.29, 0.717) is 6.42 Å². The number of rotatable bonds is 0. The van der Waals surface area contributed by atoms with Gasteiger partial charge >= 0.3 is 5.97 Å². The molecule has 4 fully saturated rings. The second-order valence-electron chi connectivity index (χ2n) is 9.63. The van der Waals surface area contributed by atoms with Gasteiger partial charge in [-0.05, 0) is 31.3 Å². The summed E-state index contributed by atoms with van der Waals surface area (Å²) in [5.41, 5.74) is -1.40. The number of carbonyl (C=O) groups excluding carboxylic acids is 2. The highest BCUT2D eigenvalue weighted by Crippen LogP contribution is 2.73. The summed E-state index contributed by atoms with van der Waals surface area (Å²) < 4.78 is 11.4. The molecule has 0 aromatic rings. The molecule has 11 atom stereocenters. The number of ketones is 1. The quantitative estimate of drug-likeness (QED) is 0.390. The van der Waals surface area contributed by atoms with Crippen LogP contribution in [0, 0.1) is 34.5 Å². The molecule has 5 rings (SSSR count). The minimum atomic E-state index is -2.01. The molecule has 28 heavy (non-hydrogen) atoms. The topological polar surface area (TPSA) is 134 Å². The van der Waals surface area contributed by atoms with Crippen molar-refractivity contribution in [3.63, 3.8) is 0 Å². The van der Waals surface area contributed by atoms with Crippen molar-refractivity contribution in [2.24, 2.45) is 34.5 Å². The summed E-state index contributed by atoms with van der Waals surface area (Å²) in [6, 6.07) is 0. The predicted octanol–water partition coefficient (Wildman–Crippen LogP) is -0.863. The van der Waals surface area contributed by atoms with Crippen LogP contribution in [0.4, 0.5) is 0 Å². The first-order valence-corrected chi connectivity index (χ1v) is 9.84. The first kappa shape index (κ1) is 18.7. The number of ether oxygens (including phenoxy) is 2. The van der Waals surface area contributed by atoms with Gasteiger partial charge in [0.05, 0.1) is 6.61 Å². The van der Waals surface area contributed by atoms with Gasteiger partial charge in [0.2, 0.25) is 0 Å². The molecule has 2 heterocycles. The van der Waals surface area contributed by atoms with Crippen LogP contribution in [0.25, 0.3) is 0 Å². The maximum atomic E-state index is 12.5. The van der Waals surface area contributed by atoms with Crippen molar-refractivity contribution in [1.82, 2.24) is 0 Å². The fourth-order valence-corrected chi connectivity index (χ4v) is 7.64. The molecular weight excluding hydrogens is 368 g/mol. The number of aliphatic hydroxyl groups excluding tert-OH is 3. The monoisotopic (exact) mass is 394 g/mol. The van der Waals surface area contributed by atoms with Crippen LogP contribution in [0.5, 0.6) is 0 Å². The van der Waals surface area contributed by atoms with Crippen molar-refractivity contribution in [3.8, 4) is 0 Å². The Morgan fingerprint density at radius 3 is 2.57 bits per heavy atom. The zero-order chi connectivity index (χ0) is 20.4. The van der Waals surface area contributed by atoms with Gasteiger partial charge in [0.25, 0.3) is 0 Å². The van der Waals surface area contributed by atoms with Crippen molar-refractivity contribution in [2.75, 3.05) is 6.61 Å². The standard InChI is InChI=1S/C20H26O8/c1-7-4-10(21)15(24)18(3)9(7)5-11-19-6-27-20(26,17(18)19)14(23)8(2)12(19)13(22)16(25)28-11/h4,8-9,11-15,17,22-24,26H,5-6H2,1-3H3/t8-,9+,11-,12-,13-,14-,15-,17-,18-,19?,20+/m1/s1. The number of hydrogen-bond acceptors (Lipinski definition) is 8. The highest BCUT2D eigenvalue weighted by atomic mass is 16.7. The predicted molar refractivity (Wildman–Crippen MR) is 92.4 cm³/mol. The molecule has 4 N–H and O–H groups in total. The molecule has 154 valence electrons. The molecule has 0 aromatic carbocycles.